The van der Waals surface area contributed by atoms with Crippen LogP contribution < -0.4 is 0 Å². The highest BCUT2D eigenvalue weighted by atomic mass is 16.5. The van der Waals surface area contributed by atoms with Crippen LogP contribution in [0.5, 0.6) is 0 Å². The summed E-state index contributed by atoms with van der Waals surface area (Å²) in [4.78, 5) is 0. The van der Waals surface area contributed by atoms with Gasteiger partial charge in [-0.3, -0.25) is 0 Å². The van der Waals surface area contributed by atoms with Gasteiger partial charge in [0.25, 0.3) is 0 Å². The molecular weight excluding hydrogens is 208 g/mol. The van der Waals surface area contributed by atoms with Gasteiger partial charge in [-0.2, -0.15) is 0 Å². The molecule has 3 rings (SSSR count). The minimum Gasteiger partial charge on any atom is -0.365 e. The molecule has 1 aromatic carbocycles. The summed E-state index contributed by atoms with van der Waals surface area (Å²) in [6.45, 7) is 2.06. The van der Waals surface area contributed by atoms with E-state index in [0.29, 0.717) is 0 Å². The number of ether oxygens (including phenoxy) is 1. The van der Waals surface area contributed by atoms with Gasteiger partial charge in [-0.1, -0.05) is 29.8 Å². The van der Waals surface area contributed by atoms with Gasteiger partial charge in [0.2, 0.25) is 0 Å². The van der Waals surface area contributed by atoms with Crippen molar-refractivity contribution in [3.8, 4) is 0 Å². The maximum atomic E-state index is 5.54. The van der Waals surface area contributed by atoms with E-state index in [9.17, 15) is 0 Å². The van der Waals surface area contributed by atoms with Crippen LogP contribution >= 0.6 is 0 Å². The third-order valence-corrected chi connectivity index (χ3v) is 2.98. The fourth-order valence-electron chi connectivity index (χ4n) is 2.19. The third kappa shape index (κ3) is 1.67. The maximum absolute atomic E-state index is 5.54. The van der Waals surface area contributed by atoms with E-state index in [2.05, 4.69) is 37.3 Å². The zero-order valence-electron chi connectivity index (χ0n) is 9.87. The summed E-state index contributed by atoms with van der Waals surface area (Å²) in [6, 6.07) is 7.42. The van der Waals surface area contributed by atoms with E-state index >= 15 is 0 Å². The van der Waals surface area contributed by atoms with E-state index in [1.54, 1.807) is 7.11 Å². The Kier molecular flexibility index (Phi) is 2.49. The first-order valence-corrected chi connectivity index (χ1v) is 5.59. The first-order chi connectivity index (χ1) is 8.29. The summed E-state index contributed by atoms with van der Waals surface area (Å²) in [5.74, 6) is 0. The Morgan fingerprint density at radius 2 is 2.18 bits per heavy atom. The molecule has 0 saturated carbocycles. The van der Waals surface area contributed by atoms with Gasteiger partial charge in [-0.05, 0) is 36.3 Å². The Morgan fingerprint density at radius 3 is 3.00 bits per heavy atom. The molecule has 1 heteroatoms. The largest absolute Gasteiger partial charge is 0.365 e. The quantitative estimate of drug-likeness (QED) is 0.706. The smallest absolute Gasteiger partial charge is 0.156 e. The molecule has 0 saturated heterocycles. The molecule has 0 atom stereocenters. The van der Waals surface area contributed by atoms with E-state index in [4.69, 9.17) is 4.74 Å². The molecule has 0 aliphatic heterocycles. The summed E-state index contributed by atoms with van der Waals surface area (Å²) in [5, 5.41) is 0. The van der Waals surface area contributed by atoms with Crippen LogP contribution in [0, 0.1) is 31.6 Å². The molecule has 0 spiro atoms. The summed E-state index contributed by atoms with van der Waals surface area (Å²) in [6.07, 6.45) is 12.2. The normalized spacial score (nSPS) is 18.2. The Morgan fingerprint density at radius 1 is 1.29 bits per heavy atom. The lowest BCUT2D eigenvalue weighted by molar-refractivity contribution is 0.246. The van der Waals surface area contributed by atoms with E-state index < -0.39 is 0 Å². The van der Waals surface area contributed by atoms with Gasteiger partial charge < -0.3 is 4.74 Å². The lowest BCUT2D eigenvalue weighted by Crippen LogP contribution is -2.15. The van der Waals surface area contributed by atoms with Crippen LogP contribution in [0.25, 0.3) is 6.08 Å². The molecule has 0 unspecified atom stereocenters. The van der Waals surface area contributed by atoms with Gasteiger partial charge in [0.1, 0.15) is 0 Å². The van der Waals surface area contributed by atoms with Gasteiger partial charge in [0, 0.05) is 24.7 Å². The number of rotatable bonds is 1. The van der Waals surface area contributed by atoms with Crippen molar-refractivity contribution < 1.29 is 4.74 Å². The van der Waals surface area contributed by atoms with E-state index in [1.807, 2.05) is 18.6 Å². The molecule has 17 heavy (non-hydrogen) atoms. The Hall–Kier alpha value is -1.60. The van der Waals surface area contributed by atoms with Gasteiger partial charge >= 0.3 is 0 Å². The summed E-state index contributed by atoms with van der Waals surface area (Å²) in [7, 11) is 1.71. The first kappa shape index (κ1) is 10.5. The topological polar surface area (TPSA) is 9.23 Å². The molecule has 0 bridgehead atoms. The number of benzene rings is 1. The highest BCUT2D eigenvalue weighted by Gasteiger charge is 2.27. The van der Waals surface area contributed by atoms with Crippen molar-refractivity contribution in [3.05, 3.63) is 76.8 Å². The molecule has 2 aliphatic carbocycles. The number of hydrogen-bond donors (Lipinski definition) is 0. The Bertz CT molecular complexity index is 547. The second kappa shape index (κ2) is 4.01. The monoisotopic (exact) mass is 220 g/mol. The number of methoxy groups -OCH3 is 1. The minimum absolute atomic E-state index is 0.887. The lowest BCUT2D eigenvalue weighted by atomic mass is 9.82. The van der Waals surface area contributed by atoms with Crippen molar-refractivity contribution >= 4 is 6.08 Å². The summed E-state index contributed by atoms with van der Waals surface area (Å²) in [5.41, 5.74) is 5.53. The molecule has 0 N–H and O–H groups in total. The number of fused-ring (bicyclic) bond motifs is 2. The highest BCUT2D eigenvalue weighted by Crippen LogP contribution is 2.39. The van der Waals surface area contributed by atoms with Crippen LogP contribution in [0.15, 0.2) is 35.4 Å². The fourth-order valence-corrected chi connectivity index (χ4v) is 2.19. The lowest BCUT2D eigenvalue weighted by Gasteiger charge is -2.26. The van der Waals surface area contributed by atoms with Crippen molar-refractivity contribution in [3.63, 3.8) is 0 Å². The van der Waals surface area contributed by atoms with Crippen LogP contribution in [0.4, 0.5) is 0 Å². The van der Waals surface area contributed by atoms with Gasteiger partial charge in [-0.25, -0.2) is 0 Å². The Labute approximate surface area is 102 Å². The zero-order valence-corrected chi connectivity index (χ0v) is 9.87. The van der Waals surface area contributed by atoms with Crippen molar-refractivity contribution in [1.29, 1.82) is 0 Å². The Balaban J connectivity index is 2.21. The fraction of sp³-hybridized carbons (Fsp3) is 0.125. The predicted octanol–water partition coefficient (Wildman–Crippen LogP) is 3.22. The summed E-state index contributed by atoms with van der Waals surface area (Å²) < 4.78 is 5.54. The average Bonchev–Trinajstić information content (AvgIpc) is 2.36. The molecule has 2 aliphatic rings. The van der Waals surface area contributed by atoms with Gasteiger partial charge in [0.05, 0.1) is 0 Å². The van der Waals surface area contributed by atoms with Crippen LogP contribution in [0.3, 0.4) is 0 Å². The number of allylic oxidation sites excluding steroid dienone is 3. The molecule has 0 heterocycles. The standard InChI is InChI=1S/C16H12O/c1-11-7-8-13-10-12-5-3-4-6-14(12)16(17-2)15(13)9-11/h3-5,7,9-10H,1-2H3. The molecule has 1 nitrogen and oxygen atoms in total. The van der Waals surface area contributed by atoms with Crippen LogP contribution in [0.2, 0.25) is 0 Å². The molecule has 0 amide bonds. The molecule has 0 aromatic heterocycles. The molecule has 4 radical (unpaired) electrons. The zero-order chi connectivity index (χ0) is 11.8. The van der Waals surface area contributed by atoms with Gasteiger partial charge in [-0.15, -0.1) is 0 Å². The van der Waals surface area contributed by atoms with Crippen molar-refractivity contribution in [2.75, 3.05) is 7.11 Å². The average molecular weight is 220 g/mol. The second-order valence-corrected chi connectivity index (χ2v) is 4.18. The van der Waals surface area contributed by atoms with E-state index in [-0.39, 0.29) is 0 Å². The predicted molar refractivity (Wildman–Crippen MR) is 67.5 cm³/mol. The van der Waals surface area contributed by atoms with E-state index in [1.165, 1.54) is 5.56 Å². The molecule has 0 fully saturated rings. The first-order valence-electron chi connectivity index (χ1n) is 5.59. The van der Waals surface area contributed by atoms with Crippen molar-refractivity contribution in [2.45, 2.75) is 6.92 Å². The van der Waals surface area contributed by atoms with Gasteiger partial charge in [0.15, 0.2) is 6.10 Å². The van der Waals surface area contributed by atoms with Crippen LogP contribution in [-0.2, 0) is 4.74 Å². The van der Waals surface area contributed by atoms with Crippen LogP contribution in [0.1, 0.15) is 16.7 Å². The second-order valence-electron chi connectivity index (χ2n) is 4.18. The number of aryl methyl sites for hydroxylation is 1. The summed E-state index contributed by atoms with van der Waals surface area (Å²) >= 11 is 0. The van der Waals surface area contributed by atoms with Crippen molar-refractivity contribution in [2.24, 2.45) is 0 Å². The molecule has 82 valence electrons. The molecule has 1 aromatic rings. The highest BCUT2D eigenvalue weighted by molar-refractivity contribution is 5.76. The third-order valence-electron chi connectivity index (χ3n) is 2.98. The molecular formula is C16H12O. The SMILES string of the molecule is CO[C]1C2=[C][CH]C=CC2=Cc2[c]cc(C)cc21. The van der Waals surface area contributed by atoms with Crippen molar-refractivity contribution in [1.82, 2.24) is 0 Å². The minimum atomic E-state index is 0.887. The maximum Gasteiger partial charge on any atom is 0.156 e. The number of hydrogen-bond acceptors (Lipinski definition) is 1. The van der Waals surface area contributed by atoms with Crippen LogP contribution in [-0.4, -0.2) is 7.11 Å². The van der Waals surface area contributed by atoms with E-state index in [0.717, 1.165) is 28.4 Å².